The number of benzene rings is 3. The van der Waals surface area contributed by atoms with Crippen molar-refractivity contribution in [3.63, 3.8) is 0 Å². The number of hydrogen-bond donors (Lipinski definition) is 1. The number of carbonyl (C=O) groups is 2. The Hall–Kier alpha value is -3.99. The Bertz CT molecular complexity index is 1670. The molecule has 44 heavy (non-hydrogen) atoms. The third kappa shape index (κ3) is 5.65. The van der Waals surface area contributed by atoms with E-state index in [2.05, 4.69) is 0 Å². The van der Waals surface area contributed by atoms with Gasteiger partial charge >= 0.3 is 12.1 Å². The SMILES string of the molecule is Cc1cc2c(c(-c3cc(F)c4c(c3C)CCCO4)c1[C@H](OC(C)(C)C)C(=O)O)CCN2C(=O)c1ccc(C(F)(F)F)c(F)c1. The first kappa shape index (κ1) is 31.4. The lowest BCUT2D eigenvalue weighted by Gasteiger charge is -2.30. The number of fused-ring (bicyclic) bond motifs is 2. The molecule has 0 aliphatic carbocycles. The van der Waals surface area contributed by atoms with E-state index in [0.29, 0.717) is 76.2 Å². The van der Waals surface area contributed by atoms with Crippen molar-refractivity contribution < 1.29 is 46.1 Å². The molecule has 0 spiro atoms. The van der Waals surface area contributed by atoms with E-state index in [1.807, 2.05) is 6.92 Å². The van der Waals surface area contributed by atoms with Crippen molar-refractivity contribution >= 4 is 17.6 Å². The molecule has 0 saturated heterocycles. The number of hydrogen-bond acceptors (Lipinski definition) is 4. The molecule has 2 aliphatic heterocycles. The number of aryl methyl sites for hydroxylation is 1. The summed E-state index contributed by atoms with van der Waals surface area (Å²) in [7, 11) is 0. The van der Waals surface area contributed by atoms with E-state index in [1.54, 1.807) is 33.8 Å². The smallest absolute Gasteiger partial charge is 0.419 e. The summed E-state index contributed by atoms with van der Waals surface area (Å²) in [4.78, 5) is 27.6. The highest BCUT2D eigenvalue weighted by atomic mass is 19.4. The minimum atomic E-state index is -4.92. The normalized spacial score (nSPS) is 15.5. The van der Waals surface area contributed by atoms with Gasteiger partial charge in [-0.05, 0) is 112 Å². The maximum atomic E-state index is 15.5. The molecule has 2 heterocycles. The second-order valence-electron chi connectivity index (χ2n) is 12.1. The lowest BCUT2D eigenvalue weighted by molar-refractivity contribution is -0.160. The highest BCUT2D eigenvalue weighted by Gasteiger charge is 2.38. The molecule has 0 saturated carbocycles. The number of rotatable bonds is 5. The summed E-state index contributed by atoms with van der Waals surface area (Å²) in [6.07, 6.45) is -4.91. The van der Waals surface area contributed by atoms with Crippen molar-refractivity contribution in [1.82, 2.24) is 0 Å². The minimum absolute atomic E-state index is 0.0835. The summed E-state index contributed by atoms with van der Waals surface area (Å²) in [5, 5.41) is 10.3. The van der Waals surface area contributed by atoms with E-state index in [9.17, 15) is 32.3 Å². The van der Waals surface area contributed by atoms with Crippen LogP contribution in [0, 0.1) is 25.5 Å². The van der Waals surface area contributed by atoms with Crippen molar-refractivity contribution in [2.24, 2.45) is 0 Å². The molecule has 11 heteroatoms. The van der Waals surface area contributed by atoms with Gasteiger partial charge in [0.2, 0.25) is 0 Å². The van der Waals surface area contributed by atoms with Crippen LogP contribution in [-0.2, 0) is 28.5 Å². The number of ether oxygens (including phenoxy) is 2. The van der Waals surface area contributed by atoms with Gasteiger partial charge in [0.25, 0.3) is 5.91 Å². The molecule has 3 aromatic rings. The molecule has 234 valence electrons. The molecule has 6 nitrogen and oxygen atoms in total. The molecule has 2 aliphatic rings. The molecular weight excluding hydrogens is 585 g/mol. The Labute approximate surface area is 251 Å². The molecule has 0 radical (unpaired) electrons. The number of aliphatic carboxylic acids is 1. The molecule has 1 atom stereocenters. The maximum Gasteiger partial charge on any atom is 0.419 e. The van der Waals surface area contributed by atoms with Gasteiger partial charge in [-0.2, -0.15) is 13.2 Å². The first-order valence-electron chi connectivity index (χ1n) is 14.2. The van der Waals surface area contributed by atoms with Gasteiger partial charge in [0.05, 0.1) is 17.8 Å². The Balaban J connectivity index is 1.73. The van der Waals surface area contributed by atoms with Crippen LogP contribution in [0.5, 0.6) is 5.75 Å². The fraction of sp³-hybridized carbons (Fsp3) is 0.394. The molecule has 0 unspecified atom stereocenters. The predicted octanol–water partition coefficient (Wildman–Crippen LogP) is 7.74. The second kappa shape index (κ2) is 11.2. The summed E-state index contributed by atoms with van der Waals surface area (Å²) in [6, 6.07) is 4.95. The first-order chi connectivity index (χ1) is 20.5. The second-order valence-corrected chi connectivity index (χ2v) is 12.1. The van der Waals surface area contributed by atoms with Crippen LogP contribution in [0.1, 0.15) is 77.0 Å². The molecule has 0 fully saturated rings. The van der Waals surface area contributed by atoms with E-state index in [-0.39, 0.29) is 24.3 Å². The number of carboxylic acids is 1. The van der Waals surface area contributed by atoms with Crippen molar-refractivity contribution in [2.45, 2.75) is 71.8 Å². The van der Waals surface area contributed by atoms with E-state index in [1.165, 1.54) is 11.0 Å². The zero-order chi connectivity index (χ0) is 32.3. The lowest BCUT2D eigenvalue weighted by atomic mass is 9.83. The quantitative estimate of drug-likeness (QED) is 0.297. The van der Waals surface area contributed by atoms with Crippen LogP contribution in [0.15, 0.2) is 30.3 Å². The highest BCUT2D eigenvalue weighted by Crippen LogP contribution is 2.48. The summed E-state index contributed by atoms with van der Waals surface area (Å²) in [5.41, 5.74) is 1.26. The summed E-state index contributed by atoms with van der Waals surface area (Å²) in [6.45, 7) is 9.08. The molecular formula is C33H32F5NO5. The zero-order valence-electron chi connectivity index (χ0n) is 24.9. The van der Waals surface area contributed by atoms with E-state index < -0.39 is 47.0 Å². The average Bonchev–Trinajstić information content (AvgIpc) is 3.34. The van der Waals surface area contributed by atoms with E-state index in [4.69, 9.17) is 9.47 Å². The van der Waals surface area contributed by atoms with Crippen molar-refractivity contribution in [3.05, 3.63) is 80.9 Å². The summed E-state index contributed by atoms with van der Waals surface area (Å²) < 4.78 is 81.0. The van der Waals surface area contributed by atoms with E-state index >= 15 is 4.39 Å². The number of halogens is 5. The van der Waals surface area contributed by atoms with Crippen LogP contribution in [0.25, 0.3) is 11.1 Å². The third-order valence-corrected chi connectivity index (χ3v) is 7.96. The van der Waals surface area contributed by atoms with Gasteiger partial charge in [-0.25, -0.2) is 13.6 Å². The third-order valence-electron chi connectivity index (χ3n) is 7.96. The highest BCUT2D eigenvalue weighted by molar-refractivity contribution is 6.08. The molecule has 1 amide bonds. The monoisotopic (exact) mass is 617 g/mol. The lowest BCUT2D eigenvalue weighted by Crippen LogP contribution is -2.30. The molecule has 0 aromatic heterocycles. The Morgan fingerprint density at radius 2 is 1.70 bits per heavy atom. The topological polar surface area (TPSA) is 76.1 Å². The van der Waals surface area contributed by atoms with Crippen LogP contribution >= 0.6 is 0 Å². The predicted molar refractivity (Wildman–Crippen MR) is 153 cm³/mol. The molecule has 5 rings (SSSR count). The van der Waals surface area contributed by atoms with Crippen molar-refractivity contribution in [1.29, 1.82) is 0 Å². The fourth-order valence-corrected chi connectivity index (χ4v) is 6.09. The van der Waals surface area contributed by atoms with E-state index in [0.717, 1.165) is 6.07 Å². The van der Waals surface area contributed by atoms with Crippen molar-refractivity contribution in [2.75, 3.05) is 18.1 Å². The largest absolute Gasteiger partial charge is 0.490 e. The standard InChI is InChI=1S/C33H32F5NO5/c1-16-13-25-20(10-11-39(25)30(40)18-8-9-22(23(34)14-18)33(36,37)38)27(26(16)29(31(41)42)44-32(3,4)5)21-15-24(35)28-19(17(21)2)7-6-12-43-28/h8-9,13-15,29H,6-7,10-12H2,1-5H3,(H,41,42)/t29-/m0/s1. The Morgan fingerprint density at radius 1 is 1.00 bits per heavy atom. The maximum absolute atomic E-state index is 15.5. The molecule has 0 bridgehead atoms. The molecule has 1 N–H and O–H groups in total. The summed E-state index contributed by atoms with van der Waals surface area (Å²) >= 11 is 0. The number of carbonyl (C=O) groups excluding carboxylic acids is 1. The van der Waals surface area contributed by atoms with Gasteiger partial charge in [0.1, 0.15) is 5.82 Å². The van der Waals surface area contributed by atoms with Gasteiger partial charge in [-0.1, -0.05) is 0 Å². The molecule has 3 aromatic carbocycles. The fourth-order valence-electron chi connectivity index (χ4n) is 6.09. The number of carboxylic acid groups (broad SMARTS) is 1. The van der Waals surface area contributed by atoms with Crippen molar-refractivity contribution in [3.8, 4) is 16.9 Å². The Morgan fingerprint density at radius 3 is 2.32 bits per heavy atom. The number of anilines is 1. The number of nitrogens with zero attached hydrogens (tertiary/aromatic N) is 1. The first-order valence-corrected chi connectivity index (χ1v) is 14.2. The van der Waals surface area contributed by atoms with Gasteiger partial charge in [0, 0.05) is 28.9 Å². The van der Waals surface area contributed by atoms with Crippen LogP contribution in [0.3, 0.4) is 0 Å². The Kier molecular flexibility index (Phi) is 7.99. The van der Waals surface area contributed by atoms with Gasteiger partial charge in [-0.15, -0.1) is 0 Å². The number of amides is 1. The van der Waals surface area contributed by atoms with Crippen LogP contribution in [0.4, 0.5) is 27.6 Å². The van der Waals surface area contributed by atoms with Crippen LogP contribution < -0.4 is 9.64 Å². The van der Waals surface area contributed by atoms with Crippen LogP contribution in [-0.4, -0.2) is 35.7 Å². The van der Waals surface area contributed by atoms with Gasteiger partial charge in [-0.3, -0.25) is 4.79 Å². The summed E-state index contributed by atoms with van der Waals surface area (Å²) in [5.74, 6) is -3.99. The van der Waals surface area contributed by atoms with Gasteiger partial charge < -0.3 is 19.5 Å². The van der Waals surface area contributed by atoms with Gasteiger partial charge in [0.15, 0.2) is 17.7 Å². The number of alkyl halides is 3. The minimum Gasteiger partial charge on any atom is -0.490 e. The zero-order valence-corrected chi connectivity index (χ0v) is 24.9. The van der Waals surface area contributed by atoms with Crippen LogP contribution in [0.2, 0.25) is 0 Å². The average molecular weight is 618 g/mol.